The fraction of sp³-hybridized carbons (Fsp3) is 0.333. The van der Waals surface area contributed by atoms with E-state index in [1.54, 1.807) is 0 Å². The molecule has 3 aromatic rings. The lowest BCUT2D eigenvalue weighted by Crippen LogP contribution is -2.49. The summed E-state index contributed by atoms with van der Waals surface area (Å²) in [5.74, 6) is -2.47. The molecule has 2 amide bonds. The monoisotopic (exact) mass is 570 g/mol. The lowest BCUT2D eigenvalue weighted by molar-refractivity contribution is -0.148. The number of carboxylic acids is 1. The highest BCUT2D eigenvalue weighted by atomic mass is 16.5. The molecule has 1 aliphatic heterocycles. The fourth-order valence-electron chi connectivity index (χ4n) is 5.87. The van der Waals surface area contributed by atoms with Crippen molar-refractivity contribution >= 4 is 23.9 Å². The van der Waals surface area contributed by atoms with Crippen LogP contribution < -0.4 is 5.32 Å². The average molecular weight is 571 g/mol. The molecule has 0 bridgehead atoms. The maximum atomic E-state index is 13.6. The second-order valence-electron chi connectivity index (χ2n) is 11.0. The van der Waals surface area contributed by atoms with E-state index in [4.69, 9.17) is 9.47 Å². The normalized spacial score (nSPS) is 18.1. The Morgan fingerprint density at radius 1 is 0.881 bits per heavy atom. The molecule has 0 aromatic heterocycles. The minimum atomic E-state index is -1.22. The Morgan fingerprint density at radius 2 is 1.50 bits per heavy atom. The van der Waals surface area contributed by atoms with Gasteiger partial charge in [-0.05, 0) is 39.7 Å². The summed E-state index contributed by atoms with van der Waals surface area (Å²) in [6, 6.07) is 23.9. The minimum absolute atomic E-state index is 0.0347. The molecule has 0 saturated carbocycles. The first-order chi connectivity index (χ1) is 20.3. The van der Waals surface area contributed by atoms with Gasteiger partial charge in [0.2, 0.25) is 5.91 Å². The molecule has 218 valence electrons. The lowest BCUT2D eigenvalue weighted by Gasteiger charge is -2.24. The van der Waals surface area contributed by atoms with E-state index < -0.39 is 30.0 Å². The second-order valence-corrected chi connectivity index (χ2v) is 11.0. The molecule has 0 spiro atoms. The molecule has 9 nitrogen and oxygen atoms in total. The molecule has 2 aliphatic rings. The first kappa shape index (κ1) is 28.9. The molecule has 1 aliphatic carbocycles. The average Bonchev–Trinajstić information content (AvgIpc) is 3.51. The molecule has 2 N–H and O–H groups in total. The van der Waals surface area contributed by atoms with Crippen molar-refractivity contribution in [3.8, 4) is 11.1 Å². The molecular formula is C33H34N2O7. The van der Waals surface area contributed by atoms with Gasteiger partial charge >= 0.3 is 18.0 Å². The second kappa shape index (κ2) is 12.9. The van der Waals surface area contributed by atoms with Gasteiger partial charge in [-0.25, -0.2) is 4.79 Å². The molecule has 9 heteroatoms. The number of likely N-dealkylation sites (tertiary alicyclic amines) is 1. The van der Waals surface area contributed by atoms with E-state index in [0.717, 1.165) is 27.8 Å². The molecule has 3 atom stereocenters. The Kier molecular flexibility index (Phi) is 8.85. The van der Waals surface area contributed by atoms with Crippen molar-refractivity contribution in [2.45, 2.75) is 38.3 Å². The number of fused-ring (bicyclic) bond motifs is 3. The van der Waals surface area contributed by atoms with Crippen LogP contribution in [0.2, 0.25) is 0 Å². The van der Waals surface area contributed by atoms with E-state index in [1.807, 2.05) is 85.8 Å². The van der Waals surface area contributed by atoms with E-state index in [1.165, 1.54) is 4.90 Å². The molecular weight excluding hydrogens is 536 g/mol. The van der Waals surface area contributed by atoms with Crippen LogP contribution in [0, 0.1) is 11.8 Å². The first-order valence-corrected chi connectivity index (χ1v) is 14.1. The molecule has 3 aromatic carbocycles. The number of rotatable bonds is 10. The number of nitrogens with one attached hydrogen (secondary N) is 1. The van der Waals surface area contributed by atoms with Crippen LogP contribution in [-0.4, -0.2) is 59.7 Å². The Hall–Kier alpha value is -4.66. The molecule has 5 rings (SSSR count). The summed E-state index contributed by atoms with van der Waals surface area (Å²) in [4.78, 5) is 52.2. The number of amides is 2. The van der Waals surface area contributed by atoms with Gasteiger partial charge in [0, 0.05) is 19.0 Å². The predicted octanol–water partition coefficient (Wildman–Crippen LogP) is 4.60. The summed E-state index contributed by atoms with van der Waals surface area (Å²) in [5, 5.41) is 11.8. The Balaban J connectivity index is 1.26. The number of hydrogen-bond acceptors (Lipinski definition) is 6. The molecule has 1 fully saturated rings. The Morgan fingerprint density at radius 3 is 2.14 bits per heavy atom. The standard InChI is InChI=1S/C33H34N2O7/c1-21-17-35(18-23(21)15-30(36)37)32(39)29(16-31(38)41-19-22-9-3-2-4-10-22)34-33(40)42-20-28-26-13-7-5-11-24(26)25-12-6-8-14-27(25)28/h2-14,21,23,28-29H,15-20H2,1H3,(H,34,40)(H,36,37)/t21?,23?,29-/m0/s1. The van der Waals surface area contributed by atoms with E-state index in [0.29, 0.717) is 6.54 Å². The van der Waals surface area contributed by atoms with Gasteiger partial charge in [0.25, 0.3) is 0 Å². The van der Waals surface area contributed by atoms with Crippen LogP contribution in [0.3, 0.4) is 0 Å². The number of carboxylic acid groups (broad SMARTS) is 1. The number of nitrogens with zero attached hydrogens (tertiary/aromatic N) is 1. The highest BCUT2D eigenvalue weighted by Crippen LogP contribution is 2.44. The van der Waals surface area contributed by atoms with Crippen molar-refractivity contribution in [3.05, 3.63) is 95.6 Å². The van der Waals surface area contributed by atoms with Gasteiger partial charge < -0.3 is 24.8 Å². The van der Waals surface area contributed by atoms with Gasteiger partial charge in [-0.2, -0.15) is 0 Å². The first-order valence-electron chi connectivity index (χ1n) is 14.1. The number of aliphatic carboxylic acids is 1. The van der Waals surface area contributed by atoms with Crippen LogP contribution in [0.25, 0.3) is 11.1 Å². The molecule has 42 heavy (non-hydrogen) atoms. The third-order valence-corrected chi connectivity index (χ3v) is 8.06. The number of hydrogen-bond donors (Lipinski definition) is 2. The largest absolute Gasteiger partial charge is 0.481 e. The summed E-state index contributed by atoms with van der Waals surface area (Å²) in [6.45, 7) is 2.55. The maximum Gasteiger partial charge on any atom is 0.407 e. The van der Waals surface area contributed by atoms with Gasteiger partial charge in [0.05, 0.1) is 12.8 Å². The molecule has 0 radical (unpaired) electrons. The van der Waals surface area contributed by atoms with Crippen molar-refractivity contribution in [2.75, 3.05) is 19.7 Å². The van der Waals surface area contributed by atoms with Gasteiger partial charge in [-0.3, -0.25) is 14.4 Å². The lowest BCUT2D eigenvalue weighted by atomic mass is 9.95. The topological polar surface area (TPSA) is 122 Å². The van der Waals surface area contributed by atoms with Crippen LogP contribution in [0.5, 0.6) is 0 Å². The summed E-state index contributed by atoms with van der Waals surface area (Å²) in [7, 11) is 0. The summed E-state index contributed by atoms with van der Waals surface area (Å²) < 4.78 is 11.0. The van der Waals surface area contributed by atoms with E-state index in [2.05, 4.69) is 5.32 Å². The Labute approximate surface area is 244 Å². The number of ether oxygens (including phenoxy) is 2. The molecule has 2 unspecified atom stereocenters. The van der Waals surface area contributed by atoms with Gasteiger partial charge in [0.1, 0.15) is 19.3 Å². The highest BCUT2D eigenvalue weighted by molar-refractivity contribution is 5.90. The highest BCUT2D eigenvalue weighted by Gasteiger charge is 2.38. The zero-order valence-electron chi connectivity index (χ0n) is 23.4. The summed E-state index contributed by atoms with van der Waals surface area (Å²) in [6.07, 6.45) is -1.26. The van der Waals surface area contributed by atoms with Crippen LogP contribution in [0.1, 0.15) is 42.4 Å². The quantitative estimate of drug-likeness (QED) is 0.342. The number of carbonyl (C=O) groups excluding carboxylic acids is 3. The van der Waals surface area contributed by atoms with Crippen molar-refractivity contribution in [3.63, 3.8) is 0 Å². The number of esters is 1. The fourth-order valence-corrected chi connectivity index (χ4v) is 5.87. The summed E-state index contributed by atoms with van der Waals surface area (Å²) >= 11 is 0. The van der Waals surface area contributed by atoms with E-state index >= 15 is 0 Å². The number of alkyl carbamates (subject to hydrolysis) is 1. The van der Waals surface area contributed by atoms with Gasteiger partial charge in [-0.1, -0.05) is 85.8 Å². The third-order valence-electron chi connectivity index (χ3n) is 8.06. The minimum Gasteiger partial charge on any atom is -0.481 e. The van der Waals surface area contributed by atoms with Crippen molar-refractivity contribution in [1.82, 2.24) is 10.2 Å². The Bertz CT molecular complexity index is 1410. The zero-order chi connectivity index (χ0) is 29.6. The van der Waals surface area contributed by atoms with Crippen molar-refractivity contribution in [1.29, 1.82) is 0 Å². The van der Waals surface area contributed by atoms with E-state index in [-0.39, 0.29) is 50.4 Å². The molecule has 1 heterocycles. The van der Waals surface area contributed by atoms with E-state index in [9.17, 15) is 24.3 Å². The SMILES string of the molecule is CC1CN(C(=O)[C@H](CC(=O)OCc2ccccc2)NC(=O)OCC2c3ccccc3-c3ccccc32)CC1CC(=O)O. The van der Waals surface area contributed by atoms with Crippen molar-refractivity contribution in [2.24, 2.45) is 11.8 Å². The molecule has 1 saturated heterocycles. The van der Waals surface area contributed by atoms with Crippen LogP contribution in [0.4, 0.5) is 4.79 Å². The smallest absolute Gasteiger partial charge is 0.407 e. The predicted molar refractivity (Wildman–Crippen MR) is 154 cm³/mol. The number of benzene rings is 3. The van der Waals surface area contributed by atoms with Crippen molar-refractivity contribution < 1.29 is 33.8 Å². The van der Waals surface area contributed by atoms with Gasteiger partial charge in [0.15, 0.2) is 0 Å². The van der Waals surface area contributed by atoms with Gasteiger partial charge in [-0.15, -0.1) is 0 Å². The van der Waals surface area contributed by atoms with Crippen LogP contribution in [0.15, 0.2) is 78.9 Å². The van der Waals surface area contributed by atoms with Crippen LogP contribution in [-0.2, 0) is 30.5 Å². The maximum absolute atomic E-state index is 13.6. The van der Waals surface area contributed by atoms with Crippen LogP contribution >= 0.6 is 0 Å². The zero-order valence-corrected chi connectivity index (χ0v) is 23.4. The number of carbonyl (C=O) groups is 4. The summed E-state index contributed by atoms with van der Waals surface area (Å²) in [5.41, 5.74) is 5.09. The third kappa shape index (κ3) is 6.62.